The van der Waals surface area contributed by atoms with Crippen LogP contribution in [-0.2, 0) is 0 Å². The van der Waals surface area contributed by atoms with E-state index in [0.717, 1.165) is 4.47 Å². The lowest BCUT2D eigenvalue weighted by Crippen LogP contribution is -2.23. The van der Waals surface area contributed by atoms with Gasteiger partial charge in [-0.25, -0.2) is 9.18 Å². The number of nitrogens with one attached hydrogen (secondary N) is 2. The summed E-state index contributed by atoms with van der Waals surface area (Å²) in [4.78, 5) is 12.4. The highest BCUT2D eigenvalue weighted by Gasteiger charge is 2.13. The highest BCUT2D eigenvalue weighted by Crippen LogP contribution is 2.28. The largest absolute Gasteiger partial charge is 0.493 e. The molecule has 3 aromatic carbocycles. The first kappa shape index (κ1) is 22.4. The van der Waals surface area contributed by atoms with Gasteiger partial charge < -0.3 is 14.8 Å². The highest BCUT2D eigenvalue weighted by molar-refractivity contribution is 9.10. The van der Waals surface area contributed by atoms with Gasteiger partial charge in [0.1, 0.15) is 5.82 Å². The SMILES string of the molecule is COc1cc(/C=N/NC(=S)Nc2ccc(F)cc2)ccc1OC(=O)c1cccc(Br)c1. The first-order chi connectivity index (χ1) is 14.9. The van der Waals surface area contributed by atoms with Crippen molar-refractivity contribution in [3.8, 4) is 11.5 Å². The van der Waals surface area contributed by atoms with Gasteiger partial charge in [-0.2, -0.15) is 5.10 Å². The molecule has 0 saturated carbocycles. The zero-order valence-electron chi connectivity index (χ0n) is 16.3. The maximum atomic E-state index is 12.9. The van der Waals surface area contributed by atoms with Crippen LogP contribution in [0.4, 0.5) is 10.1 Å². The second-order valence-corrected chi connectivity index (χ2v) is 7.47. The summed E-state index contributed by atoms with van der Waals surface area (Å²) in [6.45, 7) is 0. The topological polar surface area (TPSA) is 71.9 Å². The predicted octanol–water partition coefficient (Wildman–Crippen LogP) is 5.14. The van der Waals surface area contributed by atoms with E-state index >= 15 is 0 Å². The van der Waals surface area contributed by atoms with E-state index in [4.69, 9.17) is 21.7 Å². The van der Waals surface area contributed by atoms with Crippen molar-refractivity contribution in [2.24, 2.45) is 5.10 Å². The molecule has 0 aromatic heterocycles. The average molecular weight is 502 g/mol. The van der Waals surface area contributed by atoms with E-state index in [9.17, 15) is 9.18 Å². The first-order valence-electron chi connectivity index (χ1n) is 8.96. The number of carbonyl (C=O) groups excluding carboxylic acids is 1. The van der Waals surface area contributed by atoms with Crippen molar-refractivity contribution in [3.63, 3.8) is 0 Å². The van der Waals surface area contributed by atoms with Crippen molar-refractivity contribution < 1.29 is 18.7 Å². The Balaban J connectivity index is 1.61. The molecule has 0 fully saturated rings. The zero-order chi connectivity index (χ0) is 22.2. The normalized spacial score (nSPS) is 10.5. The van der Waals surface area contributed by atoms with Crippen LogP contribution < -0.4 is 20.2 Å². The lowest BCUT2D eigenvalue weighted by atomic mass is 10.2. The van der Waals surface area contributed by atoms with Gasteiger partial charge in [-0.15, -0.1) is 0 Å². The first-order valence-corrected chi connectivity index (χ1v) is 10.2. The van der Waals surface area contributed by atoms with E-state index in [1.807, 2.05) is 6.07 Å². The Morgan fingerprint density at radius 3 is 2.58 bits per heavy atom. The van der Waals surface area contributed by atoms with E-state index in [1.54, 1.807) is 48.5 Å². The molecule has 9 heteroatoms. The minimum atomic E-state index is -0.500. The van der Waals surface area contributed by atoms with Gasteiger partial charge in [-0.3, -0.25) is 5.43 Å². The van der Waals surface area contributed by atoms with Gasteiger partial charge in [0.25, 0.3) is 0 Å². The van der Waals surface area contributed by atoms with Crippen molar-refractivity contribution in [3.05, 3.63) is 88.1 Å². The van der Waals surface area contributed by atoms with E-state index in [2.05, 4.69) is 31.8 Å². The number of hydrogen-bond donors (Lipinski definition) is 2. The monoisotopic (exact) mass is 501 g/mol. The number of nitrogens with zero attached hydrogens (tertiary/aromatic N) is 1. The Labute approximate surface area is 192 Å². The maximum absolute atomic E-state index is 12.9. The molecule has 0 aliphatic heterocycles. The van der Waals surface area contributed by atoms with Crippen LogP contribution in [0.2, 0.25) is 0 Å². The number of carbonyl (C=O) groups is 1. The summed E-state index contributed by atoms with van der Waals surface area (Å²) in [5.74, 6) is -0.174. The quantitative estimate of drug-likeness (QED) is 0.160. The predicted molar refractivity (Wildman–Crippen MR) is 125 cm³/mol. The Morgan fingerprint density at radius 2 is 1.87 bits per heavy atom. The van der Waals surface area contributed by atoms with Crippen molar-refractivity contribution in [1.29, 1.82) is 0 Å². The van der Waals surface area contributed by atoms with E-state index in [0.29, 0.717) is 22.6 Å². The van der Waals surface area contributed by atoms with Crippen LogP contribution in [0.3, 0.4) is 0 Å². The molecule has 0 radical (unpaired) electrons. The number of halogens is 2. The smallest absolute Gasteiger partial charge is 0.343 e. The minimum Gasteiger partial charge on any atom is -0.493 e. The summed E-state index contributed by atoms with van der Waals surface area (Å²) in [5, 5.41) is 7.18. The third kappa shape index (κ3) is 6.59. The molecule has 3 rings (SSSR count). The average Bonchev–Trinajstić information content (AvgIpc) is 2.76. The van der Waals surface area contributed by atoms with Crippen molar-refractivity contribution in [2.75, 3.05) is 12.4 Å². The molecule has 2 N–H and O–H groups in total. The molecule has 158 valence electrons. The van der Waals surface area contributed by atoms with Crippen LogP contribution in [-0.4, -0.2) is 24.4 Å². The molecule has 0 aliphatic carbocycles. The van der Waals surface area contributed by atoms with Gasteiger partial charge in [-0.1, -0.05) is 22.0 Å². The van der Waals surface area contributed by atoms with Gasteiger partial charge >= 0.3 is 5.97 Å². The zero-order valence-corrected chi connectivity index (χ0v) is 18.7. The summed E-state index contributed by atoms with van der Waals surface area (Å²) in [6, 6.07) is 17.7. The lowest BCUT2D eigenvalue weighted by Gasteiger charge is -2.10. The fraction of sp³-hybridized carbons (Fsp3) is 0.0455. The van der Waals surface area contributed by atoms with E-state index in [-0.39, 0.29) is 16.7 Å². The molecule has 0 aliphatic rings. The number of hydrogen-bond acceptors (Lipinski definition) is 5. The molecule has 0 amide bonds. The standard InChI is InChI=1S/C22H17BrFN3O3S/c1-29-20-11-14(13-25-27-22(31)26-18-8-6-17(24)7-9-18)5-10-19(20)30-21(28)15-3-2-4-16(23)12-15/h2-13H,1H3,(H2,26,27,31)/b25-13+. The molecule has 0 atom stereocenters. The number of hydrazone groups is 1. The van der Waals surface area contributed by atoms with E-state index in [1.165, 1.54) is 25.5 Å². The Morgan fingerprint density at radius 1 is 1.10 bits per heavy atom. The fourth-order valence-electron chi connectivity index (χ4n) is 2.48. The Kier molecular flexibility index (Phi) is 7.69. The van der Waals surface area contributed by atoms with Crippen molar-refractivity contribution in [1.82, 2.24) is 5.43 Å². The summed E-state index contributed by atoms with van der Waals surface area (Å²) in [6.07, 6.45) is 1.53. The van der Waals surface area contributed by atoms with Gasteiger partial charge in [0.15, 0.2) is 16.6 Å². The molecule has 0 unspecified atom stereocenters. The van der Waals surface area contributed by atoms with Gasteiger partial charge in [0.2, 0.25) is 0 Å². The van der Waals surface area contributed by atoms with Crippen LogP contribution >= 0.6 is 28.1 Å². The van der Waals surface area contributed by atoms with Gasteiger partial charge in [0.05, 0.1) is 18.9 Å². The highest BCUT2D eigenvalue weighted by atomic mass is 79.9. The van der Waals surface area contributed by atoms with Gasteiger partial charge in [-0.05, 0) is 78.4 Å². The summed E-state index contributed by atoms with van der Waals surface area (Å²) >= 11 is 8.47. The molecular formula is C22H17BrFN3O3S. The maximum Gasteiger partial charge on any atom is 0.343 e. The number of ether oxygens (including phenoxy) is 2. The second kappa shape index (κ2) is 10.6. The number of rotatable bonds is 6. The molecule has 3 aromatic rings. The number of benzene rings is 3. The molecular weight excluding hydrogens is 485 g/mol. The molecule has 0 saturated heterocycles. The number of anilines is 1. The number of esters is 1. The van der Waals surface area contributed by atoms with Crippen LogP contribution in [0.1, 0.15) is 15.9 Å². The summed E-state index contributed by atoms with van der Waals surface area (Å²) in [7, 11) is 1.48. The van der Waals surface area contributed by atoms with Crippen LogP contribution in [0, 0.1) is 5.82 Å². The Hall–Kier alpha value is -3.30. The van der Waals surface area contributed by atoms with Gasteiger partial charge in [0, 0.05) is 10.2 Å². The lowest BCUT2D eigenvalue weighted by molar-refractivity contribution is 0.0729. The van der Waals surface area contributed by atoms with Crippen molar-refractivity contribution in [2.45, 2.75) is 0 Å². The third-order valence-electron chi connectivity index (χ3n) is 3.93. The fourth-order valence-corrected chi connectivity index (χ4v) is 3.05. The number of thiocarbonyl (C=S) groups is 1. The number of methoxy groups -OCH3 is 1. The van der Waals surface area contributed by atoms with E-state index < -0.39 is 5.97 Å². The van der Waals surface area contributed by atoms with Crippen molar-refractivity contribution >= 4 is 51.1 Å². The third-order valence-corrected chi connectivity index (χ3v) is 4.62. The molecule has 31 heavy (non-hydrogen) atoms. The molecule has 0 spiro atoms. The van der Waals surface area contributed by atoms with Crippen LogP contribution in [0.5, 0.6) is 11.5 Å². The molecule has 6 nitrogen and oxygen atoms in total. The molecule has 0 heterocycles. The van der Waals surface area contributed by atoms with Crippen LogP contribution in [0.15, 0.2) is 76.3 Å². The summed E-state index contributed by atoms with van der Waals surface area (Å²) in [5.41, 5.74) is 4.40. The minimum absolute atomic E-state index is 0.245. The second-order valence-electron chi connectivity index (χ2n) is 6.14. The van der Waals surface area contributed by atoms with Crippen LogP contribution in [0.25, 0.3) is 0 Å². The Bertz CT molecular complexity index is 1120. The summed E-state index contributed by atoms with van der Waals surface area (Å²) < 4.78 is 24.5. The molecule has 0 bridgehead atoms.